The molecule has 0 spiro atoms. The molecule has 0 N–H and O–H groups in total. The average molecular weight is 276 g/mol. The summed E-state index contributed by atoms with van der Waals surface area (Å²) in [5.74, 6) is 0. The van der Waals surface area contributed by atoms with Gasteiger partial charge in [-0.15, -0.1) is 0 Å². The molecule has 0 unspecified atom stereocenters. The molecule has 0 aromatic heterocycles. The maximum Gasteiger partial charge on any atom is 2.00 e. The molecule has 0 saturated heterocycles. The largest absolute Gasteiger partial charge is 2.00 e. The summed E-state index contributed by atoms with van der Waals surface area (Å²) in [7, 11) is 0. The molecule has 0 rings (SSSR count). The molecular weight excluding hydrogens is 272 g/mol. The van der Waals surface area contributed by atoms with Gasteiger partial charge in [0.25, 0.3) is 0 Å². The molecule has 0 aliphatic rings. The second-order valence-corrected chi connectivity index (χ2v) is 0. The number of hydrogen-bond acceptors (Lipinski definition) is 0. The minimum Gasteiger partial charge on any atom is -1.00 e. The zero-order valence-corrected chi connectivity index (χ0v) is 10.3. The third-order valence-corrected chi connectivity index (χ3v) is 0. The normalized spacial score (nSPS) is 0. The second-order valence-electron chi connectivity index (χ2n) is 0. The van der Waals surface area contributed by atoms with Crippen LogP contribution in [0, 0.1) is 0 Å². The molecular formula is H4BaFeMgMn. The fourth-order valence-corrected chi connectivity index (χ4v) is 0. The molecule has 4 heavy (non-hydrogen) atoms. The van der Waals surface area contributed by atoms with Crippen molar-refractivity contribution in [2.75, 3.05) is 0 Å². The first kappa shape index (κ1) is 26.3. The molecule has 0 heterocycles. The Hall–Kier alpha value is 3.38. The first-order chi connectivity index (χ1) is 0. The zero-order valence-electron chi connectivity index (χ0n) is 6.15. The maximum absolute atomic E-state index is 0. The van der Waals surface area contributed by atoms with E-state index in [1.807, 2.05) is 0 Å². The van der Waals surface area contributed by atoms with Gasteiger partial charge in [0.05, 0.1) is 0 Å². The van der Waals surface area contributed by atoms with Crippen molar-refractivity contribution in [2.24, 2.45) is 0 Å². The van der Waals surface area contributed by atoms with Crippen LogP contribution in [0.5, 0.6) is 0 Å². The molecule has 23 valence electrons. The van der Waals surface area contributed by atoms with Crippen molar-refractivity contribution in [3.05, 3.63) is 0 Å². The van der Waals surface area contributed by atoms with Crippen molar-refractivity contribution in [3.63, 3.8) is 0 Å². The first-order valence-electron chi connectivity index (χ1n) is 0. The molecule has 0 aromatic rings. The van der Waals surface area contributed by atoms with Crippen LogP contribution >= 0.6 is 0 Å². The van der Waals surface area contributed by atoms with Crippen LogP contribution in [-0.4, -0.2) is 71.9 Å². The summed E-state index contributed by atoms with van der Waals surface area (Å²) in [6.07, 6.45) is 0. The van der Waals surface area contributed by atoms with Gasteiger partial charge in [-0.3, -0.25) is 0 Å². The summed E-state index contributed by atoms with van der Waals surface area (Å²) in [5.41, 5.74) is 0. The van der Waals surface area contributed by atoms with E-state index >= 15 is 0 Å². The van der Waals surface area contributed by atoms with Gasteiger partial charge in [0.15, 0.2) is 0 Å². The van der Waals surface area contributed by atoms with Crippen LogP contribution in [0.25, 0.3) is 0 Å². The van der Waals surface area contributed by atoms with E-state index in [4.69, 9.17) is 0 Å². The molecule has 0 aliphatic carbocycles. The van der Waals surface area contributed by atoms with E-state index in [1.54, 1.807) is 0 Å². The fourth-order valence-electron chi connectivity index (χ4n) is 0. The quantitative estimate of drug-likeness (QED) is 0.532. The van der Waals surface area contributed by atoms with Crippen LogP contribution in [0.2, 0.25) is 0 Å². The third kappa shape index (κ3) is 9.03. The van der Waals surface area contributed by atoms with Gasteiger partial charge in [0.1, 0.15) is 0 Å². The molecule has 0 bridgehead atoms. The molecule has 1 radical (unpaired) electrons. The summed E-state index contributed by atoms with van der Waals surface area (Å²) >= 11 is 0. The monoisotopic (exact) mass is 277 g/mol. The van der Waals surface area contributed by atoms with Crippen LogP contribution in [0.4, 0.5) is 0 Å². The Morgan fingerprint density at radius 2 is 1.25 bits per heavy atom. The minimum atomic E-state index is 0. The van der Waals surface area contributed by atoms with E-state index in [0.717, 1.165) is 0 Å². The zero-order chi connectivity index (χ0) is 0. The summed E-state index contributed by atoms with van der Waals surface area (Å²) in [6, 6.07) is 0. The van der Waals surface area contributed by atoms with Gasteiger partial charge in [0, 0.05) is 34.1 Å². The van der Waals surface area contributed by atoms with Crippen LogP contribution in [0.3, 0.4) is 0 Å². The van der Waals surface area contributed by atoms with Gasteiger partial charge in [-0.25, -0.2) is 0 Å². The molecule has 0 aliphatic heterocycles. The van der Waals surface area contributed by atoms with Crippen LogP contribution in [0.1, 0.15) is 5.71 Å². The molecule has 0 atom stereocenters. The van der Waals surface area contributed by atoms with Crippen LogP contribution in [0.15, 0.2) is 0 Å². The van der Waals surface area contributed by atoms with E-state index < -0.39 is 0 Å². The van der Waals surface area contributed by atoms with Crippen molar-refractivity contribution in [2.45, 2.75) is 0 Å². The topological polar surface area (TPSA) is 0 Å². The Morgan fingerprint density at radius 1 is 1.25 bits per heavy atom. The van der Waals surface area contributed by atoms with Gasteiger partial charge in [-0.2, -0.15) is 0 Å². The van der Waals surface area contributed by atoms with Crippen molar-refractivity contribution in [1.82, 2.24) is 0 Å². The Bertz CT molecular complexity index is 16.0. The summed E-state index contributed by atoms with van der Waals surface area (Å²) in [5, 5.41) is 0. The Balaban J connectivity index is 0. The Kier molecular flexibility index (Phi) is 106. The van der Waals surface area contributed by atoms with E-state index in [0.29, 0.717) is 0 Å². The van der Waals surface area contributed by atoms with Crippen molar-refractivity contribution < 1.29 is 39.8 Å². The van der Waals surface area contributed by atoms with Crippen LogP contribution in [-0.2, 0) is 34.1 Å². The average Bonchev–Trinajstić information content (AvgIpc) is 0. The first-order valence-corrected chi connectivity index (χ1v) is 0. The third-order valence-electron chi connectivity index (χ3n) is 0. The Morgan fingerprint density at radius 3 is 1.25 bits per heavy atom. The molecule has 0 saturated carbocycles. The smallest absolute Gasteiger partial charge is 1.00 e. The van der Waals surface area contributed by atoms with Gasteiger partial charge in [-0.1, -0.05) is 0 Å². The molecule has 4 heteroatoms. The fraction of sp³-hybridized carbons (Fsp3) is 0. The number of hydrogen-bond donors (Lipinski definition) is 0. The predicted octanol–water partition coefficient (Wildman–Crippen LogP) is -0.317. The molecule has 0 aromatic carbocycles. The van der Waals surface area contributed by atoms with E-state index in [-0.39, 0.29) is 112 Å². The van der Waals surface area contributed by atoms with Crippen molar-refractivity contribution >= 4 is 71.9 Å². The van der Waals surface area contributed by atoms with Gasteiger partial charge < -0.3 is 5.71 Å². The molecule has 0 amide bonds. The van der Waals surface area contributed by atoms with E-state index in [9.17, 15) is 0 Å². The van der Waals surface area contributed by atoms with Crippen LogP contribution < -0.4 is 0 Å². The van der Waals surface area contributed by atoms with Crippen molar-refractivity contribution in [3.8, 4) is 0 Å². The standard InChI is InChI=1S/Ba.Fe.Mg.Mn.4H/q+2;;+2;;4*-1. The molecule has 0 nitrogen and oxygen atoms in total. The SMILES string of the molecule is [Ba+2].[Fe].[H-].[H-].[H-].[H-].[Mg+2].[Mn]. The summed E-state index contributed by atoms with van der Waals surface area (Å²) in [4.78, 5) is 0. The van der Waals surface area contributed by atoms with Gasteiger partial charge >= 0.3 is 71.9 Å². The van der Waals surface area contributed by atoms with Gasteiger partial charge in [0.2, 0.25) is 0 Å². The Labute approximate surface area is 109 Å². The van der Waals surface area contributed by atoms with Crippen molar-refractivity contribution in [1.29, 1.82) is 0 Å². The minimum absolute atomic E-state index is 0. The predicted molar refractivity (Wildman–Crippen MR) is 16.0 cm³/mol. The van der Waals surface area contributed by atoms with E-state index in [2.05, 4.69) is 0 Å². The summed E-state index contributed by atoms with van der Waals surface area (Å²) < 4.78 is 0. The van der Waals surface area contributed by atoms with Gasteiger partial charge in [-0.05, 0) is 0 Å². The number of rotatable bonds is 0. The second kappa shape index (κ2) is 16.2. The summed E-state index contributed by atoms with van der Waals surface area (Å²) in [6.45, 7) is 0. The molecule has 0 fully saturated rings. The van der Waals surface area contributed by atoms with E-state index in [1.165, 1.54) is 0 Å². The maximum atomic E-state index is 0.